The van der Waals surface area contributed by atoms with Gasteiger partial charge in [0.1, 0.15) is 17.3 Å². The molecule has 1 unspecified atom stereocenters. The van der Waals surface area contributed by atoms with Gasteiger partial charge in [-0.3, -0.25) is 9.59 Å². The number of rotatable bonds is 4. The summed E-state index contributed by atoms with van der Waals surface area (Å²) in [7, 11) is 0. The number of carbonyl (C=O) groups is 2. The number of likely N-dealkylation sites (tertiary alicyclic amines) is 1. The monoisotopic (exact) mass is 469 g/mol. The van der Waals surface area contributed by atoms with Crippen LogP contribution in [0, 0.1) is 12.7 Å². The summed E-state index contributed by atoms with van der Waals surface area (Å²) in [6, 6.07) is 13.8. The van der Waals surface area contributed by atoms with Crippen LogP contribution in [0.1, 0.15) is 28.5 Å². The second kappa shape index (κ2) is 7.91. The fourth-order valence-corrected chi connectivity index (χ4v) is 3.77. The first-order valence-electron chi connectivity index (χ1n) is 9.19. The van der Waals surface area contributed by atoms with E-state index >= 15 is 0 Å². The third kappa shape index (κ3) is 3.57. The highest BCUT2D eigenvalue weighted by molar-refractivity contribution is 9.10. The second-order valence-corrected chi connectivity index (χ2v) is 7.94. The number of amides is 1. The fourth-order valence-electron chi connectivity index (χ4n) is 3.50. The number of furan rings is 1. The lowest BCUT2D eigenvalue weighted by Crippen LogP contribution is -2.29. The van der Waals surface area contributed by atoms with Crippen LogP contribution in [-0.2, 0) is 16.1 Å². The van der Waals surface area contributed by atoms with Crippen molar-refractivity contribution >= 4 is 33.4 Å². The van der Waals surface area contributed by atoms with E-state index in [2.05, 4.69) is 15.9 Å². The van der Waals surface area contributed by atoms with Crippen LogP contribution in [0.15, 0.2) is 75.3 Å². The lowest BCUT2D eigenvalue weighted by Gasteiger charge is -2.24. The quantitative estimate of drug-likeness (QED) is 0.327. The van der Waals surface area contributed by atoms with Gasteiger partial charge in [0.05, 0.1) is 24.4 Å². The Labute approximate surface area is 180 Å². The average molecular weight is 470 g/mol. The molecule has 5 nitrogen and oxygen atoms in total. The normalized spacial score (nSPS) is 18.2. The highest BCUT2D eigenvalue weighted by atomic mass is 79.9. The van der Waals surface area contributed by atoms with E-state index < -0.39 is 29.3 Å². The van der Waals surface area contributed by atoms with E-state index in [1.165, 1.54) is 23.3 Å². The Balaban J connectivity index is 1.87. The first kappa shape index (κ1) is 20.1. The fraction of sp³-hybridized carbons (Fsp3) is 0.130. The summed E-state index contributed by atoms with van der Waals surface area (Å²) >= 11 is 3.37. The smallest absolute Gasteiger partial charge is 0.296 e. The molecule has 1 aromatic heterocycles. The molecular formula is C23H17BrFNO4. The maximum absolute atomic E-state index is 14.1. The highest BCUT2D eigenvalue weighted by Gasteiger charge is 2.46. The van der Waals surface area contributed by atoms with Crippen LogP contribution in [0.3, 0.4) is 0 Å². The van der Waals surface area contributed by atoms with Crippen molar-refractivity contribution < 1.29 is 23.5 Å². The number of carbonyl (C=O) groups excluding carboxylic acids is 2. The van der Waals surface area contributed by atoms with E-state index in [9.17, 15) is 19.1 Å². The summed E-state index contributed by atoms with van der Waals surface area (Å²) in [6.07, 6.45) is 1.48. The Morgan fingerprint density at radius 2 is 1.90 bits per heavy atom. The summed E-state index contributed by atoms with van der Waals surface area (Å²) < 4.78 is 20.3. The SMILES string of the molecule is Cc1ccc(C(O)=C2C(=O)C(=O)N(Cc3ccco3)C2c2ccc(Br)cc2)cc1F. The number of aryl methyl sites for hydroxylation is 1. The summed E-state index contributed by atoms with van der Waals surface area (Å²) in [4.78, 5) is 27.1. The van der Waals surface area contributed by atoms with Gasteiger partial charge in [0.15, 0.2) is 0 Å². The minimum absolute atomic E-state index is 0.0529. The Morgan fingerprint density at radius 1 is 1.17 bits per heavy atom. The van der Waals surface area contributed by atoms with Gasteiger partial charge in [-0.05, 0) is 48.4 Å². The molecule has 3 aromatic rings. The number of ketones is 1. The van der Waals surface area contributed by atoms with Gasteiger partial charge in [0, 0.05) is 10.0 Å². The number of Topliss-reactive ketones (excluding diaryl/α,β-unsaturated/α-hetero) is 1. The van der Waals surface area contributed by atoms with Gasteiger partial charge in [-0.25, -0.2) is 4.39 Å². The molecule has 2 aromatic carbocycles. The number of halogens is 2. The van der Waals surface area contributed by atoms with Crippen molar-refractivity contribution in [3.05, 3.63) is 99.2 Å². The van der Waals surface area contributed by atoms with Crippen LogP contribution in [0.25, 0.3) is 5.76 Å². The molecule has 0 radical (unpaired) electrons. The van der Waals surface area contributed by atoms with Crippen molar-refractivity contribution in [3.63, 3.8) is 0 Å². The summed E-state index contributed by atoms with van der Waals surface area (Å²) in [5, 5.41) is 10.9. The molecule has 0 spiro atoms. The molecule has 30 heavy (non-hydrogen) atoms. The molecule has 7 heteroatoms. The Morgan fingerprint density at radius 3 is 2.53 bits per heavy atom. The number of hydrogen-bond acceptors (Lipinski definition) is 4. The molecular weight excluding hydrogens is 453 g/mol. The molecule has 2 heterocycles. The number of hydrogen-bond donors (Lipinski definition) is 1. The molecule has 4 rings (SSSR count). The molecule has 1 atom stereocenters. The minimum atomic E-state index is -0.840. The predicted octanol–water partition coefficient (Wildman–Crippen LogP) is 5.11. The molecule has 0 aliphatic carbocycles. The average Bonchev–Trinajstić information content (AvgIpc) is 3.33. The van der Waals surface area contributed by atoms with Gasteiger partial charge in [0.25, 0.3) is 11.7 Å². The largest absolute Gasteiger partial charge is 0.507 e. The number of aliphatic hydroxyl groups excluding tert-OH is 1. The number of aliphatic hydroxyl groups is 1. The zero-order valence-electron chi connectivity index (χ0n) is 15.9. The Hall–Kier alpha value is -3.19. The zero-order valence-corrected chi connectivity index (χ0v) is 17.5. The number of nitrogens with zero attached hydrogens (tertiary/aromatic N) is 1. The molecule has 1 aliphatic rings. The molecule has 1 saturated heterocycles. The van der Waals surface area contributed by atoms with E-state index in [0.29, 0.717) is 16.9 Å². The molecule has 1 amide bonds. The van der Waals surface area contributed by atoms with Crippen molar-refractivity contribution in [2.45, 2.75) is 19.5 Å². The summed E-state index contributed by atoms with van der Waals surface area (Å²) in [5.74, 6) is -2.01. The Kier molecular flexibility index (Phi) is 5.30. The van der Waals surface area contributed by atoms with E-state index in [-0.39, 0.29) is 17.7 Å². The third-order valence-corrected chi connectivity index (χ3v) is 5.61. The molecule has 1 fully saturated rings. The van der Waals surface area contributed by atoms with Crippen LogP contribution in [0.4, 0.5) is 4.39 Å². The van der Waals surface area contributed by atoms with Gasteiger partial charge in [-0.2, -0.15) is 0 Å². The van der Waals surface area contributed by atoms with Gasteiger partial charge in [-0.1, -0.05) is 40.2 Å². The molecule has 0 saturated carbocycles. The van der Waals surface area contributed by atoms with Crippen molar-refractivity contribution in [2.24, 2.45) is 0 Å². The zero-order chi connectivity index (χ0) is 21.4. The molecule has 152 valence electrons. The summed E-state index contributed by atoms with van der Waals surface area (Å²) in [5.41, 5.74) is 1.10. The number of benzene rings is 2. The van der Waals surface area contributed by atoms with Gasteiger partial charge in [0.2, 0.25) is 0 Å². The van der Waals surface area contributed by atoms with E-state index in [1.807, 2.05) is 0 Å². The molecule has 0 bridgehead atoms. The van der Waals surface area contributed by atoms with Gasteiger partial charge >= 0.3 is 0 Å². The maximum Gasteiger partial charge on any atom is 0.296 e. The summed E-state index contributed by atoms with van der Waals surface area (Å²) in [6.45, 7) is 1.65. The predicted molar refractivity (Wildman–Crippen MR) is 112 cm³/mol. The van der Waals surface area contributed by atoms with Crippen LogP contribution in [0.5, 0.6) is 0 Å². The van der Waals surface area contributed by atoms with Crippen molar-refractivity contribution in [3.8, 4) is 0 Å². The van der Waals surface area contributed by atoms with Crippen LogP contribution < -0.4 is 0 Å². The molecule has 1 N–H and O–H groups in total. The topological polar surface area (TPSA) is 70.8 Å². The van der Waals surface area contributed by atoms with Crippen molar-refractivity contribution in [1.29, 1.82) is 0 Å². The first-order valence-corrected chi connectivity index (χ1v) is 9.99. The maximum atomic E-state index is 14.1. The Bertz CT molecular complexity index is 1150. The van der Waals surface area contributed by atoms with Crippen molar-refractivity contribution in [1.82, 2.24) is 4.90 Å². The third-order valence-electron chi connectivity index (χ3n) is 5.08. The van der Waals surface area contributed by atoms with Crippen LogP contribution >= 0.6 is 15.9 Å². The molecule has 1 aliphatic heterocycles. The standard InChI is InChI=1S/C23H17BrFNO4/c1-13-4-5-15(11-18(13)25)21(27)19-20(14-6-8-16(24)9-7-14)26(23(29)22(19)28)12-17-3-2-10-30-17/h2-11,20,27H,12H2,1H3. The lowest BCUT2D eigenvalue weighted by molar-refractivity contribution is -0.140. The van der Waals surface area contributed by atoms with Crippen molar-refractivity contribution in [2.75, 3.05) is 0 Å². The van der Waals surface area contributed by atoms with Crippen LogP contribution in [-0.4, -0.2) is 21.7 Å². The highest BCUT2D eigenvalue weighted by Crippen LogP contribution is 2.40. The second-order valence-electron chi connectivity index (χ2n) is 7.02. The van der Waals surface area contributed by atoms with E-state index in [0.717, 1.165) is 10.5 Å². The first-order chi connectivity index (χ1) is 14.4. The minimum Gasteiger partial charge on any atom is -0.507 e. The van der Waals surface area contributed by atoms with E-state index in [1.54, 1.807) is 43.3 Å². The van der Waals surface area contributed by atoms with Crippen LogP contribution in [0.2, 0.25) is 0 Å². The van der Waals surface area contributed by atoms with Gasteiger partial charge < -0.3 is 14.4 Å². The lowest BCUT2D eigenvalue weighted by atomic mass is 9.95. The van der Waals surface area contributed by atoms with Gasteiger partial charge in [-0.15, -0.1) is 0 Å². The van der Waals surface area contributed by atoms with E-state index in [4.69, 9.17) is 4.42 Å².